The lowest BCUT2D eigenvalue weighted by Gasteiger charge is -2.07. The Morgan fingerprint density at radius 1 is 1.40 bits per heavy atom. The summed E-state index contributed by atoms with van der Waals surface area (Å²) < 4.78 is 5.55. The molecule has 4 nitrogen and oxygen atoms in total. The van der Waals surface area contributed by atoms with Gasteiger partial charge in [0.2, 0.25) is 0 Å². The monoisotopic (exact) mass is 330 g/mol. The quantitative estimate of drug-likeness (QED) is 0.900. The van der Waals surface area contributed by atoms with Crippen molar-refractivity contribution in [2.45, 2.75) is 6.54 Å². The van der Waals surface area contributed by atoms with Crippen molar-refractivity contribution < 1.29 is 9.53 Å². The second-order valence-electron chi connectivity index (χ2n) is 3.98. The van der Waals surface area contributed by atoms with Crippen LogP contribution in [0.2, 0.25) is 9.36 Å². The van der Waals surface area contributed by atoms with E-state index in [1.165, 1.54) is 11.3 Å². The zero-order valence-corrected chi connectivity index (χ0v) is 12.9. The van der Waals surface area contributed by atoms with Gasteiger partial charge >= 0.3 is 0 Å². The zero-order chi connectivity index (χ0) is 14.7. The van der Waals surface area contributed by atoms with Gasteiger partial charge in [-0.05, 0) is 23.8 Å². The Bertz CT molecular complexity index is 643. The molecule has 2 aromatic rings. The van der Waals surface area contributed by atoms with E-state index in [2.05, 4.69) is 5.32 Å². The molecule has 7 heteroatoms. The molecule has 0 unspecified atom stereocenters. The average molecular weight is 331 g/mol. The lowest BCUT2D eigenvalue weighted by Crippen LogP contribution is -2.23. The van der Waals surface area contributed by atoms with Crippen molar-refractivity contribution in [2.24, 2.45) is 0 Å². The van der Waals surface area contributed by atoms with Crippen LogP contribution in [0.3, 0.4) is 0 Å². The van der Waals surface area contributed by atoms with Gasteiger partial charge in [-0.2, -0.15) is 0 Å². The number of amides is 1. The first-order chi connectivity index (χ1) is 9.51. The molecule has 1 aromatic carbocycles. The van der Waals surface area contributed by atoms with Gasteiger partial charge in [-0.3, -0.25) is 4.79 Å². The largest absolute Gasteiger partial charge is 0.495 e. The molecule has 1 amide bonds. The fourth-order valence-electron chi connectivity index (χ4n) is 1.65. The molecule has 0 aliphatic heterocycles. The second-order valence-corrected chi connectivity index (χ2v) is 6.10. The molecule has 1 aromatic heterocycles. The van der Waals surface area contributed by atoms with Crippen molar-refractivity contribution in [2.75, 3.05) is 12.8 Å². The number of carbonyl (C=O) groups excluding carboxylic acids is 1. The Hall–Kier alpha value is -1.43. The maximum Gasteiger partial charge on any atom is 0.254 e. The van der Waals surface area contributed by atoms with Gasteiger partial charge < -0.3 is 15.8 Å². The van der Waals surface area contributed by atoms with Crippen LogP contribution in [0.1, 0.15) is 15.9 Å². The third-order valence-corrected chi connectivity index (χ3v) is 4.03. The van der Waals surface area contributed by atoms with Crippen LogP contribution in [0.5, 0.6) is 5.75 Å². The number of carbonyl (C=O) groups is 1. The number of methoxy groups -OCH3 is 1. The minimum absolute atomic E-state index is 0.266. The molecule has 0 atom stereocenters. The molecular weight excluding hydrogens is 319 g/mol. The van der Waals surface area contributed by atoms with E-state index in [1.807, 2.05) is 6.07 Å². The molecule has 20 heavy (non-hydrogen) atoms. The minimum atomic E-state index is -0.266. The predicted molar refractivity (Wildman–Crippen MR) is 82.9 cm³/mol. The standard InChI is InChI=1S/C13H12Cl2N2O2S/c1-19-10-3-2-7(4-9(10)14)6-17-13(18)8-5-11(15)20-12(8)16/h2-5H,6,16H2,1H3,(H,17,18). The third kappa shape index (κ3) is 3.36. The van der Waals surface area contributed by atoms with Crippen molar-refractivity contribution in [3.8, 4) is 5.75 Å². The lowest BCUT2D eigenvalue weighted by atomic mass is 10.2. The predicted octanol–water partition coefficient (Wildman–Crippen LogP) is 3.58. The first-order valence-electron chi connectivity index (χ1n) is 5.66. The zero-order valence-electron chi connectivity index (χ0n) is 10.6. The van der Waals surface area contributed by atoms with Crippen molar-refractivity contribution in [1.29, 1.82) is 0 Å². The molecule has 0 saturated carbocycles. The second kappa shape index (κ2) is 6.35. The molecule has 0 spiro atoms. The van der Waals surface area contributed by atoms with E-state index in [0.29, 0.717) is 32.2 Å². The van der Waals surface area contributed by atoms with Crippen LogP contribution >= 0.6 is 34.5 Å². The van der Waals surface area contributed by atoms with E-state index in [9.17, 15) is 4.79 Å². The number of rotatable bonds is 4. The SMILES string of the molecule is COc1ccc(CNC(=O)c2cc(Cl)sc2N)cc1Cl. The van der Waals surface area contributed by atoms with Gasteiger partial charge in [0.15, 0.2) is 0 Å². The normalized spacial score (nSPS) is 10.3. The molecule has 0 radical (unpaired) electrons. The van der Waals surface area contributed by atoms with Crippen LogP contribution in [0.4, 0.5) is 5.00 Å². The highest BCUT2D eigenvalue weighted by atomic mass is 35.5. The fourth-order valence-corrected chi connectivity index (χ4v) is 2.94. The summed E-state index contributed by atoms with van der Waals surface area (Å²) in [5, 5.41) is 3.66. The van der Waals surface area contributed by atoms with Gasteiger partial charge in [-0.25, -0.2) is 0 Å². The van der Waals surface area contributed by atoms with Crippen molar-refractivity contribution >= 4 is 45.4 Å². The Morgan fingerprint density at radius 2 is 2.15 bits per heavy atom. The van der Waals surface area contributed by atoms with Crippen LogP contribution in [-0.2, 0) is 6.54 Å². The number of hydrogen-bond donors (Lipinski definition) is 2. The number of nitrogens with two attached hydrogens (primary N) is 1. The highest BCUT2D eigenvalue weighted by Crippen LogP contribution is 2.29. The highest BCUT2D eigenvalue weighted by Gasteiger charge is 2.13. The van der Waals surface area contributed by atoms with E-state index in [0.717, 1.165) is 5.56 Å². The van der Waals surface area contributed by atoms with Crippen LogP contribution in [0, 0.1) is 0 Å². The molecule has 0 saturated heterocycles. The van der Waals surface area contributed by atoms with Crippen molar-refractivity contribution in [1.82, 2.24) is 5.32 Å². The third-order valence-electron chi connectivity index (χ3n) is 2.64. The topological polar surface area (TPSA) is 64.3 Å². The molecule has 0 fully saturated rings. The number of nitrogens with one attached hydrogen (secondary N) is 1. The number of thiophene rings is 1. The van der Waals surface area contributed by atoms with Crippen molar-refractivity contribution in [3.05, 3.63) is 44.8 Å². The van der Waals surface area contributed by atoms with E-state index in [-0.39, 0.29) is 5.91 Å². The maximum atomic E-state index is 12.0. The summed E-state index contributed by atoms with van der Waals surface area (Å²) in [7, 11) is 1.55. The first-order valence-corrected chi connectivity index (χ1v) is 7.24. The van der Waals surface area contributed by atoms with Crippen LogP contribution in [0.25, 0.3) is 0 Å². The first kappa shape index (κ1) is 15.0. The summed E-state index contributed by atoms with van der Waals surface area (Å²) >= 11 is 13.0. The van der Waals surface area contributed by atoms with E-state index < -0.39 is 0 Å². The van der Waals surface area contributed by atoms with E-state index >= 15 is 0 Å². The Kier molecular flexibility index (Phi) is 4.75. The van der Waals surface area contributed by atoms with Gasteiger partial charge in [0.1, 0.15) is 10.8 Å². The van der Waals surface area contributed by atoms with Gasteiger partial charge in [-0.1, -0.05) is 29.3 Å². The van der Waals surface area contributed by atoms with Gasteiger partial charge in [0, 0.05) is 6.54 Å². The van der Waals surface area contributed by atoms with Gasteiger partial charge in [0.25, 0.3) is 5.91 Å². The highest BCUT2D eigenvalue weighted by molar-refractivity contribution is 7.20. The van der Waals surface area contributed by atoms with Crippen molar-refractivity contribution in [3.63, 3.8) is 0 Å². The Labute approximate surface area is 130 Å². The molecule has 1 heterocycles. The summed E-state index contributed by atoms with van der Waals surface area (Å²) in [6.45, 7) is 0.343. The van der Waals surface area contributed by atoms with Gasteiger partial charge in [0.05, 0.1) is 22.0 Å². The minimum Gasteiger partial charge on any atom is -0.495 e. The van der Waals surface area contributed by atoms with Crippen LogP contribution in [-0.4, -0.2) is 13.0 Å². The fraction of sp³-hybridized carbons (Fsp3) is 0.154. The summed E-state index contributed by atoms with van der Waals surface area (Å²) in [5.41, 5.74) is 6.96. The smallest absolute Gasteiger partial charge is 0.254 e. The summed E-state index contributed by atoms with van der Waals surface area (Å²) in [6.07, 6.45) is 0. The molecule has 0 aliphatic carbocycles. The number of nitrogen functional groups attached to an aromatic ring is 1. The molecule has 2 rings (SSSR count). The summed E-state index contributed by atoms with van der Waals surface area (Å²) in [5.74, 6) is 0.327. The molecule has 0 bridgehead atoms. The number of halogens is 2. The Morgan fingerprint density at radius 3 is 2.70 bits per heavy atom. The van der Waals surface area contributed by atoms with E-state index in [4.69, 9.17) is 33.7 Å². The van der Waals surface area contributed by atoms with Crippen LogP contribution in [0.15, 0.2) is 24.3 Å². The van der Waals surface area contributed by atoms with E-state index in [1.54, 1.807) is 25.3 Å². The Balaban J connectivity index is 2.03. The average Bonchev–Trinajstić information content (AvgIpc) is 2.75. The lowest BCUT2D eigenvalue weighted by molar-refractivity contribution is 0.0952. The number of anilines is 1. The van der Waals surface area contributed by atoms with Crippen LogP contribution < -0.4 is 15.8 Å². The molecule has 0 aliphatic rings. The number of ether oxygens (including phenoxy) is 1. The maximum absolute atomic E-state index is 12.0. The van der Waals surface area contributed by atoms with Gasteiger partial charge in [-0.15, -0.1) is 11.3 Å². The summed E-state index contributed by atoms with van der Waals surface area (Å²) in [6, 6.07) is 6.87. The number of benzene rings is 1. The molecule has 106 valence electrons. The summed E-state index contributed by atoms with van der Waals surface area (Å²) in [4.78, 5) is 12.0. The molecule has 3 N–H and O–H groups in total. The molecular formula is C13H12Cl2N2O2S. The number of hydrogen-bond acceptors (Lipinski definition) is 4.